The van der Waals surface area contributed by atoms with Gasteiger partial charge in [0.05, 0.1) is 32.1 Å². The van der Waals surface area contributed by atoms with E-state index in [1.165, 1.54) is 7.11 Å². The highest BCUT2D eigenvalue weighted by atomic mass is 16.5. The van der Waals surface area contributed by atoms with Gasteiger partial charge < -0.3 is 24.3 Å². The van der Waals surface area contributed by atoms with Crippen molar-refractivity contribution in [1.29, 1.82) is 0 Å². The zero-order valence-electron chi connectivity index (χ0n) is 20.6. The molecule has 1 N–H and O–H groups in total. The van der Waals surface area contributed by atoms with Crippen molar-refractivity contribution in [3.63, 3.8) is 0 Å². The predicted molar refractivity (Wildman–Crippen MR) is 136 cm³/mol. The number of hydrogen-bond donors (Lipinski definition) is 1. The summed E-state index contributed by atoms with van der Waals surface area (Å²) in [4.78, 5) is 17.4. The molecule has 36 heavy (non-hydrogen) atoms. The summed E-state index contributed by atoms with van der Waals surface area (Å²) in [7, 11) is 4.68. The number of anilines is 1. The van der Waals surface area contributed by atoms with Gasteiger partial charge >= 0.3 is 6.01 Å². The van der Waals surface area contributed by atoms with Gasteiger partial charge in [-0.2, -0.15) is 4.98 Å². The summed E-state index contributed by atoms with van der Waals surface area (Å²) in [6.45, 7) is 2.80. The molecule has 0 atom stereocenters. The number of rotatable bonds is 10. The summed E-state index contributed by atoms with van der Waals surface area (Å²) >= 11 is 0. The molecule has 186 valence electrons. The molecule has 0 aliphatic heterocycles. The fourth-order valence-corrected chi connectivity index (χ4v) is 3.51. The van der Waals surface area contributed by atoms with Crippen molar-refractivity contribution in [1.82, 2.24) is 14.8 Å². The van der Waals surface area contributed by atoms with Crippen LogP contribution in [0, 0.1) is 6.92 Å². The molecule has 0 aliphatic carbocycles. The Morgan fingerprint density at radius 2 is 1.67 bits per heavy atom. The van der Waals surface area contributed by atoms with Crippen molar-refractivity contribution in [3.8, 4) is 34.6 Å². The Hall–Kier alpha value is -4.37. The van der Waals surface area contributed by atoms with E-state index in [1.807, 2.05) is 43.3 Å². The minimum absolute atomic E-state index is 0.256. The van der Waals surface area contributed by atoms with Crippen molar-refractivity contribution in [2.45, 2.75) is 6.92 Å². The van der Waals surface area contributed by atoms with Gasteiger partial charge in [-0.25, -0.2) is 4.68 Å². The molecule has 0 saturated carbocycles. The molecule has 9 heteroatoms. The average molecular weight is 489 g/mol. The Kier molecular flexibility index (Phi) is 7.82. The minimum atomic E-state index is -0.294. The quantitative estimate of drug-likeness (QED) is 0.328. The SMILES string of the molecule is COCCOc1nc(-c2ccc(C)cc2)n(-c2ccc(NC(=O)c3ccc(OC)cc3OC)cc2)n1. The number of hydrogen-bond acceptors (Lipinski definition) is 7. The predicted octanol–water partition coefficient (Wildman–Crippen LogP) is 4.54. The third-order valence-corrected chi connectivity index (χ3v) is 5.44. The zero-order valence-corrected chi connectivity index (χ0v) is 20.6. The van der Waals surface area contributed by atoms with E-state index >= 15 is 0 Å². The van der Waals surface area contributed by atoms with Crippen molar-refractivity contribution in [3.05, 3.63) is 77.9 Å². The summed E-state index contributed by atoms with van der Waals surface area (Å²) in [5, 5.41) is 7.44. The number of methoxy groups -OCH3 is 3. The van der Waals surface area contributed by atoms with E-state index in [0.717, 1.165) is 16.8 Å². The van der Waals surface area contributed by atoms with Gasteiger partial charge in [-0.05, 0) is 43.3 Å². The third-order valence-electron chi connectivity index (χ3n) is 5.44. The summed E-state index contributed by atoms with van der Waals surface area (Å²) < 4.78 is 23.0. The Bertz CT molecular complexity index is 1320. The monoisotopic (exact) mass is 488 g/mol. The maximum atomic E-state index is 12.9. The van der Waals surface area contributed by atoms with Gasteiger partial charge in [0.25, 0.3) is 5.91 Å². The smallest absolute Gasteiger partial charge is 0.336 e. The number of nitrogens with zero attached hydrogens (tertiary/aromatic N) is 3. The van der Waals surface area contributed by atoms with Gasteiger partial charge in [0.15, 0.2) is 5.82 Å². The van der Waals surface area contributed by atoms with Crippen LogP contribution >= 0.6 is 0 Å². The van der Waals surface area contributed by atoms with Gasteiger partial charge in [0.2, 0.25) is 0 Å². The molecular weight excluding hydrogens is 460 g/mol. The number of aromatic nitrogens is 3. The summed E-state index contributed by atoms with van der Waals surface area (Å²) in [6, 6.07) is 20.6. The van der Waals surface area contributed by atoms with Crippen LogP contribution in [0.1, 0.15) is 15.9 Å². The van der Waals surface area contributed by atoms with Crippen molar-refractivity contribution < 1.29 is 23.7 Å². The lowest BCUT2D eigenvalue weighted by Crippen LogP contribution is -2.13. The zero-order chi connectivity index (χ0) is 25.5. The first-order valence-electron chi connectivity index (χ1n) is 11.3. The Balaban J connectivity index is 1.58. The maximum absolute atomic E-state index is 12.9. The maximum Gasteiger partial charge on any atom is 0.336 e. The molecule has 3 aromatic carbocycles. The second-order valence-electron chi connectivity index (χ2n) is 7.90. The molecule has 4 aromatic rings. The van der Waals surface area contributed by atoms with Crippen LogP contribution in [0.25, 0.3) is 17.1 Å². The fraction of sp³-hybridized carbons (Fsp3) is 0.222. The lowest BCUT2D eigenvalue weighted by Gasteiger charge is -2.11. The van der Waals surface area contributed by atoms with Gasteiger partial charge in [0.1, 0.15) is 18.1 Å². The number of amides is 1. The van der Waals surface area contributed by atoms with Crippen LogP contribution < -0.4 is 19.5 Å². The highest BCUT2D eigenvalue weighted by Crippen LogP contribution is 2.27. The number of carbonyl (C=O) groups excluding carboxylic acids is 1. The summed E-state index contributed by atoms with van der Waals surface area (Å²) in [5.74, 6) is 1.38. The van der Waals surface area contributed by atoms with E-state index in [4.69, 9.17) is 18.9 Å². The van der Waals surface area contributed by atoms with E-state index < -0.39 is 0 Å². The molecule has 1 aromatic heterocycles. The van der Waals surface area contributed by atoms with Gasteiger partial charge in [-0.3, -0.25) is 4.79 Å². The number of carbonyl (C=O) groups is 1. The molecule has 0 bridgehead atoms. The van der Waals surface area contributed by atoms with Crippen LogP contribution in [-0.4, -0.2) is 55.2 Å². The van der Waals surface area contributed by atoms with E-state index in [2.05, 4.69) is 15.4 Å². The van der Waals surface area contributed by atoms with E-state index in [-0.39, 0.29) is 11.9 Å². The van der Waals surface area contributed by atoms with Crippen molar-refractivity contribution in [2.75, 3.05) is 39.9 Å². The highest BCUT2D eigenvalue weighted by Gasteiger charge is 2.16. The molecule has 1 amide bonds. The van der Waals surface area contributed by atoms with Crippen LogP contribution in [-0.2, 0) is 4.74 Å². The number of benzene rings is 3. The third kappa shape index (κ3) is 5.64. The largest absolute Gasteiger partial charge is 0.497 e. The standard InChI is InChI=1S/C27H28N4O5/c1-18-5-7-19(8-6-18)25-29-27(36-16-15-33-2)30-31(25)21-11-9-20(10-12-21)28-26(32)23-14-13-22(34-3)17-24(23)35-4/h5-14,17H,15-16H2,1-4H3,(H,28,32). The molecule has 0 aliphatic rings. The van der Waals surface area contributed by atoms with E-state index in [9.17, 15) is 4.79 Å². The van der Waals surface area contributed by atoms with Crippen LogP contribution in [0.15, 0.2) is 66.7 Å². The van der Waals surface area contributed by atoms with Crippen LogP contribution in [0.3, 0.4) is 0 Å². The topological polar surface area (TPSA) is 96.7 Å². The molecular formula is C27H28N4O5. The summed E-state index contributed by atoms with van der Waals surface area (Å²) in [5.41, 5.74) is 3.83. The van der Waals surface area contributed by atoms with Gasteiger partial charge in [0, 0.05) is 24.4 Å². The summed E-state index contributed by atoms with van der Waals surface area (Å²) in [6.07, 6.45) is 0. The first-order valence-corrected chi connectivity index (χ1v) is 11.3. The van der Waals surface area contributed by atoms with Crippen molar-refractivity contribution in [2.24, 2.45) is 0 Å². The molecule has 0 radical (unpaired) electrons. The highest BCUT2D eigenvalue weighted by molar-refractivity contribution is 6.06. The molecule has 1 heterocycles. The fourth-order valence-electron chi connectivity index (χ4n) is 3.51. The first kappa shape index (κ1) is 24.7. The molecule has 0 saturated heterocycles. The normalized spacial score (nSPS) is 10.7. The molecule has 0 unspecified atom stereocenters. The molecule has 9 nitrogen and oxygen atoms in total. The lowest BCUT2D eigenvalue weighted by molar-refractivity contribution is 0.102. The Morgan fingerprint density at radius 3 is 2.33 bits per heavy atom. The van der Waals surface area contributed by atoms with E-state index in [1.54, 1.807) is 49.2 Å². The number of aryl methyl sites for hydroxylation is 1. The number of nitrogens with one attached hydrogen (secondary N) is 1. The van der Waals surface area contributed by atoms with Crippen molar-refractivity contribution >= 4 is 11.6 Å². The van der Waals surface area contributed by atoms with Crippen LogP contribution in [0.5, 0.6) is 17.5 Å². The Labute approximate surface area is 209 Å². The van der Waals surface area contributed by atoms with Gasteiger partial charge in [-0.1, -0.05) is 29.8 Å². The van der Waals surface area contributed by atoms with Gasteiger partial charge in [-0.15, -0.1) is 5.10 Å². The molecule has 4 rings (SSSR count). The lowest BCUT2D eigenvalue weighted by atomic mass is 10.1. The second kappa shape index (κ2) is 11.4. The Morgan fingerprint density at radius 1 is 0.917 bits per heavy atom. The second-order valence-corrected chi connectivity index (χ2v) is 7.90. The van der Waals surface area contributed by atoms with Crippen LogP contribution in [0.4, 0.5) is 5.69 Å². The number of ether oxygens (including phenoxy) is 4. The van der Waals surface area contributed by atoms with Crippen LogP contribution in [0.2, 0.25) is 0 Å². The minimum Gasteiger partial charge on any atom is -0.497 e. The first-order chi connectivity index (χ1) is 17.5. The molecule has 0 fully saturated rings. The average Bonchev–Trinajstić information content (AvgIpc) is 3.33. The molecule has 0 spiro atoms. The van der Waals surface area contributed by atoms with E-state index in [0.29, 0.717) is 41.8 Å².